The lowest BCUT2D eigenvalue weighted by molar-refractivity contribution is -0.144. The molecule has 6 heteroatoms. The Hall–Kier alpha value is -2.86. The maximum absolute atomic E-state index is 12.5. The second kappa shape index (κ2) is 10.1. The van der Waals surface area contributed by atoms with Gasteiger partial charge in [0.2, 0.25) is 0 Å². The molecule has 1 amide bonds. The number of rotatable bonds is 8. The van der Waals surface area contributed by atoms with Gasteiger partial charge in [-0.15, -0.1) is 0 Å². The van der Waals surface area contributed by atoms with Crippen molar-refractivity contribution in [2.75, 3.05) is 19.8 Å². The Morgan fingerprint density at radius 3 is 2.66 bits per heavy atom. The molecule has 0 saturated carbocycles. The molecule has 0 aromatic heterocycles. The van der Waals surface area contributed by atoms with Crippen LogP contribution in [0, 0.1) is 18.8 Å². The minimum absolute atomic E-state index is 0.0190. The number of carbonyl (C=O) groups is 2. The van der Waals surface area contributed by atoms with Crippen molar-refractivity contribution in [3.8, 4) is 5.75 Å². The van der Waals surface area contributed by atoms with Crippen LogP contribution in [0.3, 0.4) is 0 Å². The maximum atomic E-state index is 12.5. The van der Waals surface area contributed by atoms with Crippen molar-refractivity contribution >= 4 is 11.9 Å². The molecule has 2 N–H and O–H groups in total. The van der Waals surface area contributed by atoms with Gasteiger partial charge in [0, 0.05) is 25.3 Å². The number of aliphatic carboxylic acids is 1. The van der Waals surface area contributed by atoms with E-state index in [4.69, 9.17) is 9.47 Å². The number of amides is 1. The molecule has 1 aliphatic heterocycles. The smallest absolute Gasteiger partial charge is 0.308 e. The Balaban J connectivity index is 1.57. The summed E-state index contributed by atoms with van der Waals surface area (Å²) in [4.78, 5) is 24.2. The maximum Gasteiger partial charge on any atom is 0.308 e. The van der Waals surface area contributed by atoms with E-state index in [1.54, 1.807) is 24.3 Å². The van der Waals surface area contributed by atoms with Crippen molar-refractivity contribution in [2.45, 2.75) is 26.4 Å². The normalized spacial score (nSPS) is 15.5. The predicted octanol–water partition coefficient (Wildman–Crippen LogP) is 3.43. The minimum Gasteiger partial charge on any atom is -0.489 e. The highest BCUT2D eigenvalue weighted by Crippen LogP contribution is 2.24. The van der Waals surface area contributed by atoms with Gasteiger partial charge in [0.25, 0.3) is 5.91 Å². The Morgan fingerprint density at radius 2 is 1.93 bits per heavy atom. The number of ether oxygens (including phenoxy) is 2. The van der Waals surface area contributed by atoms with Crippen molar-refractivity contribution in [1.82, 2.24) is 5.32 Å². The van der Waals surface area contributed by atoms with Crippen molar-refractivity contribution in [3.05, 3.63) is 65.2 Å². The molecule has 29 heavy (non-hydrogen) atoms. The average Bonchev–Trinajstić information content (AvgIpc) is 2.73. The third-order valence-corrected chi connectivity index (χ3v) is 5.22. The van der Waals surface area contributed by atoms with Crippen LogP contribution in [0.25, 0.3) is 0 Å². The van der Waals surface area contributed by atoms with Gasteiger partial charge in [-0.1, -0.05) is 35.9 Å². The second-order valence-corrected chi connectivity index (χ2v) is 7.41. The molecule has 1 atom stereocenters. The summed E-state index contributed by atoms with van der Waals surface area (Å²) in [7, 11) is 0. The fraction of sp³-hybridized carbons (Fsp3) is 0.391. The molecule has 3 rings (SSSR count). The molecule has 0 spiro atoms. The van der Waals surface area contributed by atoms with Gasteiger partial charge in [-0.3, -0.25) is 9.59 Å². The van der Waals surface area contributed by atoms with Crippen molar-refractivity contribution in [1.29, 1.82) is 0 Å². The number of nitrogens with one attached hydrogen (secondary N) is 1. The third-order valence-electron chi connectivity index (χ3n) is 5.22. The lowest BCUT2D eigenvalue weighted by Gasteiger charge is -2.27. The fourth-order valence-corrected chi connectivity index (χ4v) is 3.57. The summed E-state index contributed by atoms with van der Waals surface area (Å²) in [5, 5.41) is 12.3. The van der Waals surface area contributed by atoms with E-state index in [0.29, 0.717) is 44.0 Å². The van der Waals surface area contributed by atoms with Crippen LogP contribution in [0.1, 0.15) is 34.3 Å². The topological polar surface area (TPSA) is 84.9 Å². The van der Waals surface area contributed by atoms with Crippen LogP contribution in [-0.2, 0) is 16.1 Å². The van der Waals surface area contributed by atoms with E-state index < -0.39 is 11.9 Å². The summed E-state index contributed by atoms with van der Waals surface area (Å²) < 4.78 is 11.1. The van der Waals surface area contributed by atoms with Gasteiger partial charge in [0.15, 0.2) is 0 Å². The van der Waals surface area contributed by atoms with Crippen LogP contribution in [0.2, 0.25) is 0 Å². The van der Waals surface area contributed by atoms with Crippen molar-refractivity contribution < 1.29 is 24.2 Å². The molecule has 1 fully saturated rings. The molecule has 1 heterocycles. The molecular formula is C23H27NO5. The zero-order chi connectivity index (χ0) is 20.6. The average molecular weight is 397 g/mol. The quantitative estimate of drug-likeness (QED) is 0.713. The molecule has 2 aromatic carbocycles. The highest BCUT2D eigenvalue weighted by Gasteiger charge is 2.30. The molecule has 0 bridgehead atoms. The van der Waals surface area contributed by atoms with E-state index in [2.05, 4.69) is 11.4 Å². The Kier molecular flexibility index (Phi) is 7.25. The van der Waals surface area contributed by atoms with E-state index in [-0.39, 0.29) is 18.4 Å². The molecule has 6 nitrogen and oxygen atoms in total. The highest BCUT2D eigenvalue weighted by atomic mass is 16.5. The van der Waals surface area contributed by atoms with Gasteiger partial charge in [-0.05, 0) is 49.4 Å². The summed E-state index contributed by atoms with van der Waals surface area (Å²) >= 11 is 0. The summed E-state index contributed by atoms with van der Waals surface area (Å²) in [6.45, 7) is 3.69. The molecular weight excluding hydrogens is 370 g/mol. The van der Waals surface area contributed by atoms with Crippen LogP contribution in [0.5, 0.6) is 5.75 Å². The van der Waals surface area contributed by atoms with Crippen LogP contribution >= 0.6 is 0 Å². The largest absolute Gasteiger partial charge is 0.489 e. The Morgan fingerprint density at radius 1 is 1.17 bits per heavy atom. The number of hydrogen-bond acceptors (Lipinski definition) is 4. The van der Waals surface area contributed by atoms with Gasteiger partial charge in [0.1, 0.15) is 12.4 Å². The SMILES string of the molecule is Cc1cccc(COc2cccc(C(=O)NCC(C(=O)O)C3CCOCC3)c2)c1. The van der Waals surface area contributed by atoms with Gasteiger partial charge >= 0.3 is 5.97 Å². The number of carboxylic acid groups (broad SMARTS) is 1. The number of aryl methyl sites for hydroxylation is 1. The first-order valence-electron chi connectivity index (χ1n) is 9.90. The molecule has 1 saturated heterocycles. The van der Waals surface area contributed by atoms with Gasteiger partial charge in [-0.25, -0.2) is 0 Å². The van der Waals surface area contributed by atoms with E-state index in [0.717, 1.165) is 11.1 Å². The third kappa shape index (κ3) is 6.06. The lowest BCUT2D eigenvalue weighted by atomic mass is 9.86. The first-order valence-corrected chi connectivity index (χ1v) is 9.90. The standard InChI is InChI=1S/C23H27NO5/c1-16-4-2-5-17(12-16)15-29-20-7-3-6-19(13-20)22(25)24-14-21(23(26)27)18-8-10-28-11-9-18/h2-7,12-13,18,21H,8-11,14-15H2,1H3,(H,24,25)(H,26,27). The van der Waals surface area contributed by atoms with Crippen molar-refractivity contribution in [2.24, 2.45) is 11.8 Å². The van der Waals surface area contributed by atoms with Gasteiger partial charge in [0.05, 0.1) is 5.92 Å². The van der Waals surface area contributed by atoms with Crippen molar-refractivity contribution in [3.63, 3.8) is 0 Å². The van der Waals surface area contributed by atoms with E-state index in [1.807, 2.05) is 25.1 Å². The van der Waals surface area contributed by atoms with Gasteiger partial charge < -0.3 is 19.9 Å². The summed E-state index contributed by atoms with van der Waals surface area (Å²) in [6.07, 6.45) is 1.41. The van der Waals surface area contributed by atoms with Crippen LogP contribution in [0.15, 0.2) is 48.5 Å². The zero-order valence-electron chi connectivity index (χ0n) is 16.6. The summed E-state index contributed by atoms with van der Waals surface area (Å²) in [6, 6.07) is 15.0. The molecule has 0 aliphatic carbocycles. The molecule has 154 valence electrons. The van der Waals surface area contributed by atoms with Crippen LogP contribution < -0.4 is 10.1 Å². The molecule has 1 unspecified atom stereocenters. The predicted molar refractivity (Wildman–Crippen MR) is 109 cm³/mol. The minimum atomic E-state index is -0.882. The lowest BCUT2D eigenvalue weighted by Crippen LogP contribution is -2.39. The highest BCUT2D eigenvalue weighted by molar-refractivity contribution is 5.94. The first-order chi connectivity index (χ1) is 14.0. The molecule has 2 aromatic rings. The van der Waals surface area contributed by atoms with Gasteiger partial charge in [-0.2, -0.15) is 0 Å². The summed E-state index contributed by atoms with van der Waals surface area (Å²) in [5.74, 6) is -1.18. The second-order valence-electron chi connectivity index (χ2n) is 7.41. The number of carbonyl (C=O) groups excluding carboxylic acids is 1. The van der Waals surface area contributed by atoms with Crippen LogP contribution in [0.4, 0.5) is 0 Å². The van der Waals surface area contributed by atoms with E-state index in [1.165, 1.54) is 0 Å². The first kappa shape index (κ1) is 20.9. The Bertz CT molecular complexity index is 845. The van der Waals surface area contributed by atoms with E-state index in [9.17, 15) is 14.7 Å². The summed E-state index contributed by atoms with van der Waals surface area (Å²) in [5.41, 5.74) is 2.67. The number of hydrogen-bond donors (Lipinski definition) is 2. The van der Waals surface area contributed by atoms with E-state index >= 15 is 0 Å². The molecule has 1 aliphatic rings. The monoisotopic (exact) mass is 397 g/mol. The number of benzene rings is 2. The van der Waals surface area contributed by atoms with Crippen LogP contribution in [-0.4, -0.2) is 36.7 Å². The Labute approximate surface area is 170 Å². The number of carboxylic acids is 1. The molecule has 0 radical (unpaired) electrons. The fourth-order valence-electron chi connectivity index (χ4n) is 3.57. The zero-order valence-corrected chi connectivity index (χ0v) is 16.6.